The zero-order chi connectivity index (χ0) is 19.7. The van der Waals surface area contributed by atoms with Gasteiger partial charge in [-0.25, -0.2) is 15.0 Å². The molecule has 0 bridgehead atoms. The molecule has 28 heavy (non-hydrogen) atoms. The summed E-state index contributed by atoms with van der Waals surface area (Å²) in [7, 11) is 0. The van der Waals surface area contributed by atoms with E-state index in [4.69, 9.17) is 15.0 Å². The lowest BCUT2D eigenvalue weighted by Gasteiger charge is -2.21. The molecule has 2 aliphatic carbocycles. The van der Waals surface area contributed by atoms with Crippen molar-refractivity contribution in [2.24, 2.45) is 5.92 Å². The number of allylic oxidation sites excluding steroid dienone is 8. The SMILES string of the molecule is CC1C=C(Br)C=CC1c1nc(C2=CC=C(Br)CC2)nc(-c2ccc(Br)cc2)n1. The van der Waals surface area contributed by atoms with Crippen molar-refractivity contribution >= 4 is 53.4 Å². The van der Waals surface area contributed by atoms with E-state index in [1.807, 2.05) is 24.3 Å². The summed E-state index contributed by atoms with van der Waals surface area (Å²) >= 11 is 10.6. The number of halogens is 3. The van der Waals surface area contributed by atoms with Crippen LogP contribution in [-0.2, 0) is 0 Å². The normalized spacial score (nSPS) is 21.8. The molecule has 3 nitrogen and oxygen atoms in total. The van der Waals surface area contributed by atoms with E-state index in [9.17, 15) is 0 Å². The molecule has 2 unspecified atom stereocenters. The summed E-state index contributed by atoms with van der Waals surface area (Å²) in [5, 5.41) is 0. The fourth-order valence-corrected chi connectivity index (χ4v) is 4.48. The summed E-state index contributed by atoms with van der Waals surface area (Å²) in [4.78, 5) is 14.6. The number of aromatic nitrogens is 3. The average Bonchev–Trinajstić information content (AvgIpc) is 2.69. The Kier molecular flexibility index (Phi) is 6.09. The van der Waals surface area contributed by atoms with Crippen molar-refractivity contribution in [2.75, 3.05) is 0 Å². The molecule has 1 aromatic heterocycles. The Labute approximate surface area is 190 Å². The summed E-state index contributed by atoms with van der Waals surface area (Å²) in [5.41, 5.74) is 2.14. The summed E-state index contributed by atoms with van der Waals surface area (Å²) in [6.45, 7) is 2.19. The van der Waals surface area contributed by atoms with Gasteiger partial charge in [-0.3, -0.25) is 0 Å². The molecule has 0 saturated heterocycles. The van der Waals surface area contributed by atoms with Crippen LogP contribution in [0.1, 0.15) is 37.3 Å². The van der Waals surface area contributed by atoms with Gasteiger partial charge in [0.1, 0.15) is 5.82 Å². The van der Waals surface area contributed by atoms with Gasteiger partial charge >= 0.3 is 0 Å². The quantitative estimate of drug-likeness (QED) is 0.392. The Morgan fingerprint density at radius 1 is 0.893 bits per heavy atom. The van der Waals surface area contributed by atoms with E-state index in [-0.39, 0.29) is 5.92 Å². The third kappa shape index (κ3) is 4.44. The zero-order valence-corrected chi connectivity index (χ0v) is 20.0. The van der Waals surface area contributed by atoms with Gasteiger partial charge in [0.2, 0.25) is 0 Å². The molecule has 142 valence electrons. The van der Waals surface area contributed by atoms with Crippen LogP contribution >= 0.6 is 47.8 Å². The van der Waals surface area contributed by atoms with Crippen LogP contribution in [0.15, 0.2) is 68.1 Å². The van der Waals surface area contributed by atoms with E-state index >= 15 is 0 Å². The van der Waals surface area contributed by atoms with Gasteiger partial charge in [-0.15, -0.1) is 0 Å². The highest BCUT2D eigenvalue weighted by Crippen LogP contribution is 2.34. The third-order valence-corrected chi connectivity index (χ3v) is 6.61. The summed E-state index contributed by atoms with van der Waals surface area (Å²) in [6, 6.07) is 8.10. The molecule has 0 aliphatic heterocycles. The van der Waals surface area contributed by atoms with Gasteiger partial charge in [-0.1, -0.05) is 97.2 Å². The molecule has 4 rings (SSSR count). The maximum absolute atomic E-state index is 4.88. The van der Waals surface area contributed by atoms with E-state index in [1.54, 1.807) is 0 Å². The third-order valence-electron chi connectivity index (χ3n) is 4.89. The van der Waals surface area contributed by atoms with Gasteiger partial charge in [0, 0.05) is 20.4 Å². The first kappa shape index (κ1) is 19.9. The van der Waals surface area contributed by atoms with Crippen molar-refractivity contribution < 1.29 is 0 Å². The maximum Gasteiger partial charge on any atom is 0.163 e. The van der Waals surface area contributed by atoms with E-state index in [1.165, 1.54) is 4.48 Å². The van der Waals surface area contributed by atoms with E-state index in [0.29, 0.717) is 5.92 Å². The molecule has 2 atom stereocenters. The highest BCUT2D eigenvalue weighted by Gasteiger charge is 2.24. The maximum atomic E-state index is 4.88. The Morgan fingerprint density at radius 2 is 1.64 bits per heavy atom. The molecule has 0 amide bonds. The van der Waals surface area contributed by atoms with Gasteiger partial charge in [0.05, 0.1) is 0 Å². The van der Waals surface area contributed by atoms with Gasteiger partial charge < -0.3 is 0 Å². The van der Waals surface area contributed by atoms with Gasteiger partial charge in [0.15, 0.2) is 11.6 Å². The second-order valence-corrected chi connectivity index (χ2v) is 9.80. The van der Waals surface area contributed by atoms with Crippen molar-refractivity contribution in [3.63, 3.8) is 0 Å². The fraction of sp³-hybridized carbons (Fsp3) is 0.227. The zero-order valence-electron chi connectivity index (χ0n) is 15.2. The van der Waals surface area contributed by atoms with Gasteiger partial charge in [-0.2, -0.15) is 0 Å². The summed E-state index contributed by atoms with van der Waals surface area (Å²) < 4.78 is 3.34. The lowest BCUT2D eigenvalue weighted by Crippen LogP contribution is -2.15. The predicted molar refractivity (Wildman–Crippen MR) is 125 cm³/mol. The van der Waals surface area contributed by atoms with Crippen LogP contribution in [0.3, 0.4) is 0 Å². The van der Waals surface area contributed by atoms with Crippen molar-refractivity contribution in [1.82, 2.24) is 15.0 Å². The number of rotatable bonds is 3. The van der Waals surface area contributed by atoms with Crippen LogP contribution in [0.25, 0.3) is 17.0 Å². The second-order valence-electron chi connectivity index (χ2n) is 6.95. The minimum absolute atomic E-state index is 0.128. The van der Waals surface area contributed by atoms with Crippen molar-refractivity contribution in [1.29, 1.82) is 0 Å². The van der Waals surface area contributed by atoms with Gasteiger partial charge in [0.25, 0.3) is 0 Å². The molecule has 2 aromatic rings. The summed E-state index contributed by atoms with van der Waals surface area (Å²) in [5.74, 6) is 2.74. The van der Waals surface area contributed by atoms with Crippen LogP contribution in [0.5, 0.6) is 0 Å². The first-order valence-electron chi connectivity index (χ1n) is 9.12. The molecule has 0 radical (unpaired) electrons. The Bertz CT molecular complexity index is 1020. The number of nitrogens with zero attached hydrogens (tertiary/aromatic N) is 3. The van der Waals surface area contributed by atoms with Crippen molar-refractivity contribution in [2.45, 2.75) is 25.7 Å². The number of benzene rings is 1. The van der Waals surface area contributed by atoms with E-state index in [0.717, 1.165) is 50.4 Å². The predicted octanol–water partition coefficient (Wildman–Crippen LogP) is 7.33. The smallest absolute Gasteiger partial charge is 0.163 e. The van der Waals surface area contributed by atoms with E-state index < -0.39 is 0 Å². The molecular weight excluding hydrogens is 546 g/mol. The highest BCUT2D eigenvalue weighted by atomic mass is 79.9. The molecule has 1 aromatic carbocycles. The summed E-state index contributed by atoms with van der Waals surface area (Å²) in [6.07, 6.45) is 12.5. The van der Waals surface area contributed by atoms with Crippen LogP contribution in [0, 0.1) is 5.92 Å². The Hall–Kier alpha value is -1.37. The fourth-order valence-electron chi connectivity index (χ4n) is 3.31. The molecular formula is C22H18Br3N3. The molecule has 1 heterocycles. The molecule has 0 spiro atoms. The Morgan fingerprint density at radius 3 is 2.32 bits per heavy atom. The topological polar surface area (TPSA) is 38.7 Å². The van der Waals surface area contributed by atoms with Crippen LogP contribution in [-0.4, -0.2) is 15.0 Å². The lowest BCUT2D eigenvalue weighted by atomic mass is 9.89. The van der Waals surface area contributed by atoms with Crippen LogP contribution < -0.4 is 0 Å². The molecule has 0 fully saturated rings. The van der Waals surface area contributed by atoms with Crippen molar-refractivity contribution in [3.8, 4) is 11.4 Å². The first-order chi connectivity index (χ1) is 13.5. The number of hydrogen-bond acceptors (Lipinski definition) is 3. The second kappa shape index (κ2) is 8.56. The standard InChI is InChI=1S/C22H18Br3N3/c1-13-12-18(25)10-11-19(13)22-27-20(14-2-6-16(23)7-3-14)26-21(28-22)15-4-8-17(24)9-5-15/h2-4,6-8,10-13,19H,5,9H2,1H3. The Balaban J connectivity index is 1.82. The molecule has 6 heteroatoms. The first-order valence-corrected chi connectivity index (χ1v) is 11.5. The van der Waals surface area contributed by atoms with Crippen molar-refractivity contribution in [3.05, 3.63) is 79.7 Å². The molecule has 0 N–H and O–H groups in total. The molecule has 0 saturated carbocycles. The van der Waals surface area contributed by atoms with E-state index in [2.05, 4.69) is 85.1 Å². The monoisotopic (exact) mass is 561 g/mol. The minimum atomic E-state index is 0.128. The minimum Gasteiger partial charge on any atom is -0.213 e. The number of hydrogen-bond donors (Lipinski definition) is 0. The van der Waals surface area contributed by atoms with Crippen LogP contribution in [0.2, 0.25) is 0 Å². The molecule has 2 aliphatic rings. The highest BCUT2D eigenvalue weighted by molar-refractivity contribution is 9.12. The van der Waals surface area contributed by atoms with Gasteiger partial charge in [-0.05, 0) is 40.9 Å². The average molecular weight is 564 g/mol. The lowest BCUT2D eigenvalue weighted by molar-refractivity contribution is 0.597. The van der Waals surface area contributed by atoms with Crippen LogP contribution in [0.4, 0.5) is 0 Å². The largest absolute Gasteiger partial charge is 0.213 e.